The molecule has 0 radical (unpaired) electrons. The lowest BCUT2D eigenvalue weighted by Gasteiger charge is -2.34. The van der Waals surface area contributed by atoms with Crippen LogP contribution in [0, 0.1) is 0 Å². The molecule has 1 rings (SSSR count). The summed E-state index contributed by atoms with van der Waals surface area (Å²) in [6, 6.07) is -1.20. The van der Waals surface area contributed by atoms with Crippen LogP contribution in [0.4, 0.5) is 0 Å². The van der Waals surface area contributed by atoms with Gasteiger partial charge in [0.1, 0.15) is 6.04 Å². The van der Waals surface area contributed by atoms with Gasteiger partial charge in [-0.3, -0.25) is 4.79 Å². The van der Waals surface area contributed by atoms with Gasteiger partial charge in [0, 0.05) is 13.1 Å². The average molecular weight is 292 g/mol. The summed E-state index contributed by atoms with van der Waals surface area (Å²) < 4.78 is 33.1. The van der Waals surface area contributed by atoms with Crippen molar-refractivity contribution in [3.05, 3.63) is 12.7 Å². The van der Waals surface area contributed by atoms with E-state index in [1.165, 1.54) is 10.4 Å². The predicted molar refractivity (Wildman–Crippen MR) is 69.9 cm³/mol. The maximum atomic E-state index is 12.1. The molecule has 110 valence electrons. The van der Waals surface area contributed by atoms with Gasteiger partial charge in [0.05, 0.1) is 12.2 Å². The SMILES string of the molecule is C=CCC(NS(=O)(=O)N1CC(C)OC(C)C1)C(=O)O. The van der Waals surface area contributed by atoms with Crippen molar-refractivity contribution in [2.24, 2.45) is 0 Å². The van der Waals surface area contributed by atoms with Gasteiger partial charge in [-0.15, -0.1) is 6.58 Å². The fraction of sp³-hybridized carbons (Fsp3) is 0.727. The molecular weight excluding hydrogens is 272 g/mol. The van der Waals surface area contributed by atoms with Crippen LogP contribution in [-0.2, 0) is 19.7 Å². The molecule has 0 saturated carbocycles. The Balaban J connectivity index is 2.79. The molecule has 0 spiro atoms. The number of carboxylic acid groups (broad SMARTS) is 1. The first kappa shape index (κ1) is 16.1. The van der Waals surface area contributed by atoms with E-state index in [0.29, 0.717) is 0 Å². The Hall–Kier alpha value is -0.960. The van der Waals surface area contributed by atoms with Crippen LogP contribution in [0.2, 0.25) is 0 Å². The largest absolute Gasteiger partial charge is 0.480 e. The first-order valence-corrected chi connectivity index (χ1v) is 7.46. The molecule has 1 fully saturated rings. The zero-order chi connectivity index (χ0) is 14.6. The van der Waals surface area contributed by atoms with Gasteiger partial charge in [-0.05, 0) is 20.3 Å². The monoisotopic (exact) mass is 292 g/mol. The summed E-state index contributed by atoms with van der Waals surface area (Å²) in [4.78, 5) is 11.0. The van der Waals surface area contributed by atoms with Crippen LogP contribution in [0.3, 0.4) is 0 Å². The number of aliphatic carboxylic acids is 1. The molecule has 2 N–H and O–H groups in total. The molecule has 1 aliphatic heterocycles. The van der Waals surface area contributed by atoms with Crippen molar-refractivity contribution in [2.75, 3.05) is 13.1 Å². The lowest BCUT2D eigenvalue weighted by atomic mass is 10.2. The zero-order valence-corrected chi connectivity index (χ0v) is 11.9. The number of morpholine rings is 1. The normalized spacial score (nSPS) is 26.8. The molecule has 7 nitrogen and oxygen atoms in total. The second-order valence-corrected chi connectivity index (χ2v) is 6.31. The molecule has 3 unspecified atom stereocenters. The third kappa shape index (κ3) is 4.57. The van der Waals surface area contributed by atoms with Crippen molar-refractivity contribution in [3.63, 3.8) is 0 Å². The molecule has 1 heterocycles. The van der Waals surface area contributed by atoms with Gasteiger partial charge in [0.15, 0.2) is 0 Å². The van der Waals surface area contributed by atoms with Crippen molar-refractivity contribution < 1.29 is 23.1 Å². The van der Waals surface area contributed by atoms with Crippen LogP contribution in [-0.4, -0.2) is 55.1 Å². The number of nitrogens with one attached hydrogen (secondary N) is 1. The molecule has 1 aliphatic rings. The highest BCUT2D eigenvalue weighted by molar-refractivity contribution is 7.87. The van der Waals surface area contributed by atoms with Gasteiger partial charge in [0.25, 0.3) is 10.2 Å². The fourth-order valence-corrected chi connectivity index (χ4v) is 3.47. The maximum Gasteiger partial charge on any atom is 0.322 e. The Labute approximate surface area is 113 Å². The van der Waals surface area contributed by atoms with Crippen LogP contribution in [0.15, 0.2) is 12.7 Å². The quantitative estimate of drug-likeness (QED) is 0.670. The molecule has 1 saturated heterocycles. The second-order valence-electron chi connectivity index (χ2n) is 4.61. The van der Waals surface area contributed by atoms with Crippen molar-refractivity contribution in [3.8, 4) is 0 Å². The van der Waals surface area contributed by atoms with E-state index in [0.717, 1.165) is 0 Å². The van der Waals surface area contributed by atoms with Gasteiger partial charge in [-0.1, -0.05) is 6.08 Å². The Kier molecular flexibility index (Phi) is 5.48. The minimum absolute atomic E-state index is 0.0318. The van der Waals surface area contributed by atoms with Crippen LogP contribution in [0.5, 0.6) is 0 Å². The van der Waals surface area contributed by atoms with Crippen LogP contribution in [0.1, 0.15) is 20.3 Å². The molecular formula is C11H20N2O5S. The number of ether oxygens (including phenoxy) is 1. The number of hydrogen-bond donors (Lipinski definition) is 2. The van der Waals surface area contributed by atoms with Crippen LogP contribution in [0.25, 0.3) is 0 Å². The molecule has 0 bridgehead atoms. The molecule has 0 aliphatic carbocycles. The molecule has 0 aromatic carbocycles. The number of carbonyl (C=O) groups is 1. The summed E-state index contributed by atoms with van der Waals surface area (Å²) in [5.41, 5.74) is 0. The minimum atomic E-state index is -3.84. The van der Waals surface area contributed by atoms with Crippen LogP contribution >= 0.6 is 0 Å². The van der Waals surface area contributed by atoms with Crippen LogP contribution < -0.4 is 4.72 Å². The lowest BCUT2D eigenvalue weighted by molar-refractivity contribution is -0.138. The van der Waals surface area contributed by atoms with Crippen molar-refractivity contribution in [1.29, 1.82) is 0 Å². The standard InChI is InChI=1S/C11H20N2O5S/c1-4-5-10(11(14)15)12-19(16,17)13-6-8(2)18-9(3)7-13/h4,8-10,12H,1,5-7H2,2-3H3,(H,14,15). The van der Waals surface area contributed by atoms with Gasteiger partial charge < -0.3 is 9.84 Å². The van der Waals surface area contributed by atoms with Gasteiger partial charge in [-0.25, -0.2) is 0 Å². The smallest absolute Gasteiger partial charge is 0.322 e. The molecule has 19 heavy (non-hydrogen) atoms. The minimum Gasteiger partial charge on any atom is -0.480 e. The Bertz CT molecular complexity index is 426. The maximum absolute atomic E-state index is 12.1. The fourth-order valence-electron chi connectivity index (χ4n) is 1.95. The number of hydrogen-bond acceptors (Lipinski definition) is 4. The zero-order valence-electron chi connectivity index (χ0n) is 11.1. The van der Waals surface area contributed by atoms with Crippen molar-refractivity contribution in [1.82, 2.24) is 9.03 Å². The summed E-state index contributed by atoms with van der Waals surface area (Å²) >= 11 is 0. The summed E-state index contributed by atoms with van der Waals surface area (Å²) in [7, 11) is -3.84. The lowest BCUT2D eigenvalue weighted by Crippen LogP contribution is -2.54. The predicted octanol–water partition coefficient (Wildman–Crippen LogP) is -0.0407. The summed E-state index contributed by atoms with van der Waals surface area (Å²) in [5, 5.41) is 8.95. The topological polar surface area (TPSA) is 95.9 Å². The van der Waals surface area contributed by atoms with E-state index in [2.05, 4.69) is 11.3 Å². The van der Waals surface area contributed by atoms with Gasteiger partial charge in [0.2, 0.25) is 0 Å². The molecule has 8 heteroatoms. The number of nitrogens with zero attached hydrogens (tertiary/aromatic N) is 1. The van der Waals surface area contributed by atoms with Crippen molar-refractivity contribution >= 4 is 16.2 Å². The number of rotatable bonds is 6. The average Bonchev–Trinajstić information content (AvgIpc) is 2.26. The third-order valence-electron chi connectivity index (χ3n) is 2.72. The van der Waals surface area contributed by atoms with E-state index in [4.69, 9.17) is 9.84 Å². The Morgan fingerprint density at radius 1 is 1.53 bits per heavy atom. The summed E-state index contributed by atoms with van der Waals surface area (Å²) in [6.07, 6.45) is 0.960. The van der Waals surface area contributed by atoms with Gasteiger partial charge in [-0.2, -0.15) is 17.4 Å². The summed E-state index contributed by atoms with van der Waals surface area (Å²) in [5.74, 6) is -1.22. The number of carboxylic acids is 1. The first-order chi connectivity index (χ1) is 8.76. The van der Waals surface area contributed by atoms with E-state index in [1.54, 1.807) is 13.8 Å². The Morgan fingerprint density at radius 3 is 2.47 bits per heavy atom. The Morgan fingerprint density at radius 2 is 2.05 bits per heavy atom. The second kappa shape index (κ2) is 6.47. The van der Waals surface area contributed by atoms with E-state index in [-0.39, 0.29) is 31.7 Å². The van der Waals surface area contributed by atoms with E-state index < -0.39 is 22.2 Å². The molecule has 3 atom stereocenters. The molecule has 0 aromatic heterocycles. The van der Waals surface area contributed by atoms with Crippen molar-refractivity contribution in [2.45, 2.75) is 38.5 Å². The first-order valence-electron chi connectivity index (χ1n) is 6.02. The molecule has 0 amide bonds. The van der Waals surface area contributed by atoms with E-state index in [1.807, 2.05) is 0 Å². The highest BCUT2D eigenvalue weighted by Crippen LogP contribution is 2.14. The molecule has 0 aromatic rings. The summed E-state index contributed by atoms with van der Waals surface area (Å²) in [6.45, 7) is 7.38. The van der Waals surface area contributed by atoms with E-state index >= 15 is 0 Å². The third-order valence-corrected chi connectivity index (χ3v) is 4.28. The highest BCUT2D eigenvalue weighted by atomic mass is 32.2. The highest BCUT2D eigenvalue weighted by Gasteiger charge is 2.33. The van der Waals surface area contributed by atoms with E-state index in [9.17, 15) is 13.2 Å². The van der Waals surface area contributed by atoms with Gasteiger partial charge >= 0.3 is 5.97 Å².